The van der Waals surface area contributed by atoms with Crippen LogP contribution in [0.4, 0.5) is 0 Å². The summed E-state index contributed by atoms with van der Waals surface area (Å²) < 4.78 is 1.15. The van der Waals surface area contributed by atoms with Gasteiger partial charge >= 0.3 is 0 Å². The van der Waals surface area contributed by atoms with Gasteiger partial charge in [-0.2, -0.15) is 0 Å². The number of benzene rings is 1. The van der Waals surface area contributed by atoms with E-state index in [4.69, 9.17) is 0 Å². The Morgan fingerprint density at radius 1 is 1.00 bits per heavy atom. The second-order valence-electron chi connectivity index (χ2n) is 7.66. The maximum absolute atomic E-state index is 12.6. The van der Waals surface area contributed by atoms with Crippen LogP contribution in [0.1, 0.15) is 52.8 Å². The van der Waals surface area contributed by atoms with Crippen molar-refractivity contribution in [2.75, 3.05) is 26.7 Å². The predicted octanol–water partition coefficient (Wildman–Crippen LogP) is 2.69. The highest BCUT2D eigenvalue weighted by Gasteiger charge is 2.46. The lowest BCUT2D eigenvalue weighted by molar-refractivity contribution is -0.947. The molecule has 4 nitrogen and oxygen atoms in total. The van der Waals surface area contributed by atoms with Crippen LogP contribution in [0.25, 0.3) is 0 Å². The molecular weight excluding hydrogens is 288 g/mol. The van der Waals surface area contributed by atoms with E-state index in [0.29, 0.717) is 29.6 Å². The number of imide groups is 1. The smallest absolute Gasteiger partial charge is 0.261 e. The van der Waals surface area contributed by atoms with Crippen LogP contribution in [0.2, 0.25) is 0 Å². The van der Waals surface area contributed by atoms with Crippen LogP contribution in [0.5, 0.6) is 0 Å². The van der Waals surface area contributed by atoms with Crippen molar-refractivity contribution in [3.63, 3.8) is 0 Å². The molecule has 0 saturated carbocycles. The topological polar surface area (TPSA) is 37.4 Å². The third kappa shape index (κ3) is 2.31. The van der Waals surface area contributed by atoms with Crippen LogP contribution in [-0.2, 0) is 0 Å². The minimum atomic E-state index is -0.0961. The highest BCUT2D eigenvalue weighted by Crippen LogP contribution is 2.37. The quantitative estimate of drug-likeness (QED) is 0.622. The monoisotopic (exact) mass is 313 g/mol. The van der Waals surface area contributed by atoms with Crippen LogP contribution in [0.15, 0.2) is 24.3 Å². The first kappa shape index (κ1) is 14.9. The maximum atomic E-state index is 12.6. The molecule has 0 spiro atoms. The van der Waals surface area contributed by atoms with Crippen LogP contribution < -0.4 is 0 Å². The Hall–Kier alpha value is -1.68. The summed E-state index contributed by atoms with van der Waals surface area (Å²) >= 11 is 0. The fourth-order valence-electron chi connectivity index (χ4n) is 5.09. The molecule has 3 atom stereocenters. The molecule has 2 saturated heterocycles. The number of hydrogen-bond donors (Lipinski definition) is 0. The fourth-order valence-corrected chi connectivity index (χ4v) is 5.09. The van der Waals surface area contributed by atoms with Gasteiger partial charge in [-0.05, 0) is 37.8 Å². The predicted molar refractivity (Wildman–Crippen MR) is 88.1 cm³/mol. The van der Waals surface area contributed by atoms with Crippen molar-refractivity contribution in [3.8, 4) is 0 Å². The van der Waals surface area contributed by atoms with Crippen molar-refractivity contribution < 1.29 is 14.1 Å². The number of nitrogens with zero attached hydrogens (tertiary/aromatic N) is 2. The lowest BCUT2D eigenvalue weighted by Crippen LogP contribution is -2.62. The van der Waals surface area contributed by atoms with E-state index in [2.05, 4.69) is 7.05 Å². The number of hydrogen-bond acceptors (Lipinski definition) is 2. The van der Waals surface area contributed by atoms with E-state index in [9.17, 15) is 9.59 Å². The summed E-state index contributed by atoms with van der Waals surface area (Å²) in [6, 6.07) is 7.84. The van der Waals surface area contributed by atoms with Crippen molar-refractivity contribution >= 4 is 11.8 Å². The van der Waals surface area contributed by atoms with Crippen molar-refractivity contribution in [2.45, 2.75) is 38.1 Å². The Kier molecular flexibility index (Phi) is 3.52. The summed E-state index contributed by atoms with van der Waals surface area (Å²) in [6.07, 6.45) is 6.20. The standard InChI is InChI=1S/C19H25N2O2/c1-21-11-5-4-10-17(21)14(7-6-12-21)13-20-18(22)15-8-2-3-9-16(15)19(20)23/h2-3,8-9,14,17H,4-7,10-13H2,1H3/q+1/t14-,17+,21+/m0/s1. The zero-order chi connectivity index (χ0) is 16.0. The molecule has 0 bridgehead atoms. The third-order valence-corrected chi connectivity index (χ3v) is 6.30. The van der Waals surface area contributed by atoms with Gasteiger partial charge in [0, 0.05) is 18.9 Å². The van der Waals surface area contributed by atoms with Crippen molar-refractivity contribution in [3.05, 3.63) is 35.4 Å². The number of amides is 2. The number of carbonyl (C=O) groups excluding carboxylic acids is 2. The minimum absolute atomic E-state index is 0.0961. The van der Waals surface area contributed by atoms with Crippen LogP contribution in [0, 0.1) is 5.92 Å². The van der Waals surface area contributed by atoms with E-state index in [1.165, 1.54) is 43.7 Å². The molecule has 0 aliphatic carbocycles. The molecule has 4 rings (SSSR count). The molecular formula is C19H25N2O2+. The molecule has 1 aromatic rings. The number of piperidine rings is 2. The average molecular weight is 313 g/mol. The maximum Gasteiger partial charge on any atom is 0.261 e. The number of carbonyl (C=O) groups is 2. The normalized spacial score (nSPS) is 33.5. The van der Waals surface area contributed by atoms with Crippen LogP contribution >= 0.6 is 0 Å². The molecule has 3 aliphatic heterocycles. The molecule has 0 radical (unpaired) electrons. The number of quaternary nitrogens is 1. The Morgan fingerprint density at radius 3 is 2.35 bits per heavy atom. The van der Waals surface area contributed by atoms with E-state index in [-0.39, 0.29) is 11.8 Å². The molecule has 0 aromatic heterocycles. The summed E-state index contributed by atoms with van der Waals surface area (Å²) in [5.41, 5.74) is 1.16. The third-order valence-electron chi connectivity index (χ3n) is 6.30. The first-order chi connectivity index (χ1) is 11.1. The average Bonchev–Trinajstić information content (AvgIpc) is 2.80. The van der Waals surface area contributed by atoms with Gasteiger partial charge in [-0.25, -0.2) is 0 Å². The molecule has 3 heterocycles. The zero-order valence-corrected chi connectivity index (χ0v) is 13.8. The van der Waals surface area contributed by atoms with E-state index >= 15 is 0 Å². The SMILES string of the molecule is C[N@+]12CCCC[C@@H]1[C@H](CN1C(=O)c3ccccc3C1=O)CCC2. The van der Waals surface area contributed by atoms with Crippen molar-refractivity contribution in [1.29, 1.82) is 0 Å². The second-order valence-corrected chi connectivity index (χ2v) is 7.66. The number of rotatable bonds is 2. The molecule has 2 amide bonds. The van der Waals surface area contributed by atoms with Gasteiger partial charge in [-0.15, -0.1) is 0 Å². The van der Waals surface area contributed by atoms with Crippen LogP contribution in [-0.4, -0.2) is 53.9 Å². The first-order valence-electron chi connectivity index (χ1n) is 8.89. The second kappa shape index (κ2) is 5.45. The van der Waals surface area contributed by atoms with Gasteiger partial charge < -0.3 is 4.48 Å². The van der Waals surface area contributed by atoms with Gasteiger partial charge in [0.1, 0.15) is 0 Å². The molecule has 0 N–H and O–H groups in total. The molecule has 23 heavy (non-hydrogen) atoms. The molecule has 4 heteroatoms. The van der Waals surface area contributed by atoms with Gasteiger partial charge in [0.2, 0.25) is 0 Å². The highest BCUT2D eigenvalue weighted by atomic mass is 16.2. The van der Waals surface area contributed by atoms with Crippen molar-refractivity contribution in [2.24, 2.45) is 5.92 Å². The van der Waals surface area contributed by atoms with E-state index in [0.717, 1.165) is 10.9 Å². The Labute approximate surface area is 137 Å². The van der Waals surface area contributed by atoms with E-state index in [1.54, 1.807) is 12.1 Å². The summed E-state index contributed by atoms with van der Waals surface area (Å²) in [7, 11) is 2.37. The van der Waals surface area contributed by atoms with E-state index in [1.807, 2.05) is 12.1 Å². The minimum Gasteiger partial charge on any atom is -0.323 e. The summed E-state index contributed by atoms with van der Waals surface area (Å²) in [5, 5.41) is 0. The van der Waals surface area contributed by atoms with Gasteiger partial charge in [0.05, 0.1) is 37.3 Å². The lowest BCUT2D eigenvalue weighted by Gasteiger charge is -2.51. The Morgan fingerprint density at radius 2 is 1.65 bits per heavy atom. The Balaban J connectivity index is 1.57. The van der Waals surface area contributed by atoms with Gasteiger partial charge in [0.25, 0.3) is 11.8 Å². The number of fused-ring (bicyclic) bond motifs is 2. The zero-order valence-electron chi connectivity index (χ0n) is 13.8. The van der Waals surface area contributed by atoms with E-state index < -0.39 is 0 Å². The first-order valence-corrected chi connectivity index (χ1v) is 8.89. The van der Waals surface area contributed by atoms with Gasteiger partial charge in [-0.3, -0.25) is 14.5 Å². The molecule has 0 unspecified atom stereocenters. The lowest BCUT2D eigenvalue weighted by atomic mass is 9.81. The summed E-state index contributed by atoms with van der Waals surface area (Å²) in [6.45, 7) is 3.11. The largest absolute Gasteiger partial charge is 0.323 e. The Bertz CT molecular complexity index is 618. The van der Waals surface area contributed by atoms with Crippen LogP contribution in [0.3, 0.4) is 0 Å². The highest BCUT2D eigenvalue weighted by molar-refractivity contribution is 6.21. The molecule has 2 fully saturated rings. The summed E-state index contributed by atoms with van der Waals surface area (Å²) in [4.78, 5) is 26.8. The van der Waals surface area contributed by atoms with Gasteiger partial charge in [0.15, 0.2) is 0 Å². The molecule has 1 aromatic carbocycles. The molecule has 3 aliphatic rings. The summed E-state index contributed by atoms with van der Waals surface area (Å²) in [5.74, 6) is 0.263. The fraction of sp³-hybridized carbons (Fsp3) is 0.579. The van der Waals surface area contributed by atoms with Gasteiger partial charge in [-0.1, -0.05) is 12.1 Å². The molecule has 122 valence electrons. The van der Waals surface area contributed by atoms with Crippen molar-refractivity contribution in [1.82, 2.24) is 4.90 Å².